The van der Waals surface area contributed by atoms with Gasteiger partial charge in [-0.05, 0) is 71.2 Å². The third kappa shape index (κ3) is 7.73. The molecule has 0 spiro atoms. The van der Waals surface area contributed by atoms with Gasteiger partial charge in [-0.25, -0.2) is 4.79 Å². The molecule has 0 aliphatic carbocycles. The van der Waals surface area contributed by atoms with E-state index in [2.05, 4.69) is 35.9 Å². The van der Waals surface area contributed by atoms with Crippen LogP contribution < -0.4 is 38.1 Å². The number of anilines is 2. The molecule has 0 saturated carbocycles. The van der Waals surface area contributed by atoms with Crippen LogP contribution in [0.3, 0.4) is 0 Å². The second-order valence-corrected chi connectivity index (χ2v) is 12.2. The van der Waals surface area contributed by atoms with E-state index in [9.17, 15) is 29.5 Å². The lowest BCUT2D eigenvalue weighted by molar-refractivity contribution is -0.246. The minimum Gasteiger partial charge on any atom is -0.480 e. The zero-order chi connectivity index (χ0) is 31.5. The van der Waals surface area contributed by atoms with Gasteiger partial charge >= 0.3 is 5.97 Å². The standard InChI is InChI=1S/C28H39N9O6/c1-27(2)11-17(12-28(3,4)37(27)43)32-20(38)10-9-19(25(41)42)34-23(39)15-5-7-16(8-6-15)30-13-18-14-31-22-21(33-18)24(40)36-26(29)35-22/h5-8,17-19,30,43H,9-14H2,1-4H3,(H,32,38)(H,34,39)(H,41,42)(H3,29,31,35,36,40). The third-order valence-corrected chi connectivity index (χ3v) is 7.61. The summed E-state index contributed by atoms with van der Waals surface area (Å²) < 4.78 is 0. The van der Waals surface area contributed by atoms with Crippen LogP contribution in [0.15, 0.2) is 39.0 Å². The van der Waals surface area contributed by atoms with Crippen molar-refractivity contribution < 1.29 is 24.7 Å². The lowest BCUT2D eigenvalue weighted by atomic mass is 9.79. The van der Waals surface area contributed by atoms with Crippen LogP contribution in [0.1, 0.15) is 63.7 Å². The number of hydrogen-bond donors (Lipinski definition) is 7. The van der Waals surface area contributed by atoms with Gasteiger partial charge in [0.1, 0.15) is 6.04 Å². The maximum atomic E-state index is 12.8. The van der Waals surface area contributed by atoms with E-state index in [1.165, 1.54) is 5.06 Å². The Labute approximate surface area is 247 Å². The normalized spacial score (nSPS) is 20.1. The SMILES string of the molecule is CC1(C)CC(NC(=O)CCC(NC(=O)c2ccc(NCC3CN=c4nc(N)[nH]c(=O)c4=N3)cc2)C(=O)O)CC(C)(C)N1O. The van der Waals surface area contributed by atoms with Gasteiger partial charge in [-0.1, -0.05) is 0 Å². The number of nitrogen functional groups attached to an aromatic ring is 1. The maximum absolute atomic E-state index is 12.8. The highest BCUT2D eigenvalue weighted by Crippen LogP contribution is 2.36. The molecule has 3 heterocycles. The number of carboxylic acid groups (broad SMARTS) is 1. The van der Waals surface area contributed by atoms with Crippen LogP contribution in [0.25, 0.3) is 0 Å². The monoisotopic (exact) mass is 597 g/mol. The van der Waals surface area contributed by atoms with Gasteiger partial charge in [0.15, 0.2) is 10.8 Å². The summed E-state index contributed by atoms with van der Waals surface area (Å²) >= 11 is 0. The van der Waals surface area contributed by atoms with Crippen molar-refractivity contribution in [1.29, 1.82) is 0 Å². The number of amides is 2. The zero-order valence-corrected chi connectivity index (χ0v) is 24.7. The van der Waals surface area contributed by atoms with E-state index >= 15 is 0 Å². The number of benzene rings is 1. The molecule has 2 aromatic rings. The van der Waals surface area contributed by atoms with Crippen molar-refractivity contribution in [3.63, 3.8) is 0 Å². The van der Waals surface area contributed by atoms with E-state index in [4.69, 9.17) is 5.73 Å². The quantitative estimate of drug-likeness (QED) is 0.187. The molecule has 1 fully saturated rings. The Balaban J connectivity index is 1.27. The van der Waals surface area contributed by atoms with Gasteiger partial charge in [-0.2, -0.15) is 10.0 Å². The number of aromatic nitrogens is 2. The van der Waals surface area contributed by atoms with Gasteiger partial charge in [0.2, 0.25) is 11.9 Å². The molecule has 15 nitrogen and oxygen atoms in total. The lowest BCUT2D eigenvalue weighted by Gasteiger charge is -2.51. The summed E-state index contributed by atoms with van der Waals surface area (Å²) in [7, 11) is 0. The number of rotatable bonds is 10. The van der Waals surface area contributed by atoms with Gasteiger partial charge in [-0.3, -0.25) is 29.4 Å². The van der Waals surface area contributed by atoms with Gasteiger partial charge in [0.25, 0.3) is 11.5 Å². The first-order chi connectivity index (χ1) is 20.1. The molecule has 232 valence electrons. The van der Waals surface area contributed by atoms with Crippen molar-refractivity contribution in [2.45, 2.75) is 82.6 Å². The summed E-state index contributed by atoms with van der Waals surface area (Å²) in [5, 5.41) is 30.2. The average Bonchev–Trinajstić information content (AvgIpc) is 2.92. The number of H-pyrrole nitrogens is 1. The van der Waals surface area contributed by atoms with Crippen LogP contribution in [0.4, 0.5) is 11.6 Å². The predicted octanol–water partition coefficient (Wildman–Crippen LogP) is -0.424. The van der Waals surface area contributed by atoms with Crippen molar-refractivity contribution >= 4 is 29.4 Å². The molecular formula is C28H39N9O6. The molecule has 4 rings (SSSR count). The molecule has 1 saturated heterocycles. The Kier molecular flexibility index (Phi) is 9.15. The number of carboxylic acids is 1. The van der Waals surface area contributed by atoms with Crippen LogP contribution in [-0.4, -0.2) is 85.4 Å². The minimum absolute atomic E-state index is 0.0209. The number of fused-ring (bicyclic) bond motifs is 1. The Bertz CT molecular complexity index is 1540. The zero-order valence-electron chi connectivity index (χ0n) is 24.7. The molecular weight excluding hydrogens is 558 g/mol. The molecule has 1 aromatic heterocycles. The first kappa shape index (κ1) is 31.6. The number of piperidine rings is 1. The molecule has 2 aliphatic heterocycles. The van der Waals surface area contributed by atoms with E-state index in [1.54, 1.807) is 24.3 Å². The van der Waals surface area contributed by atoms with Gasteiger partial charge in [-0.15, -0.1) is 0 Å². The van der Waals surface area contributed by atoms with Crippen LogP contribution in [0, 0.1) is 0 Å². The molecule has 2 atom stereocenters. The molecule has 8 N–H and O–H groups in total. The summed E-state index contributed by atoms with van der Waals surface area (Å²) in [5.74, 6) is -2.16. The maximum Gasteiger partial charge on any atom is 0.326 e. The van der Waals surface area contributed by atoms with Crippen molar-refractivity contribution in [2.24, 2.45) is 9.98 Å². The number of nitrogens with one attached hydrogen (secondary N) is 4. The van der Waals surface area contributed by atoms with Crippen molar-refractivity contribution in [3.8, 4) is 0 Å². The molecule has 15 heteroatoms. The van der Waals surface area contributed by atoms with E-state index in [0.717, 1.165) is 0 Å². The highest BCUT2D eigenvalue weighted by molar-refractivity contribution is 5.97. The molecule has 2 aliphatic rings. The molecule has 1 aromatic carbocycles. The fraction of sp³-hybridized carbons (Fsp3) is 0.536. The average molecular weight is 598 g/mol. The predicted molar refractivity (Wildman–Crippen MR) is 156 cm³/mol. The number of aromatic amines is 1. The Morgan fingerprint density at radius 1 is 1.14 bits per heavy atom. The first-order valence-electron chi connectivity index (χ1n) is 14.1. The highest BCUT2D eigenvalue weighted by Gasteiger charge is 2.45. The minimum atomic E-state index is -1.25. The van der Waals surface area contributed by atoms with Crippen LogP contribution in [-0.2, 0) is 9.59 Å². The van der Waals surface area contributed by atoms with E-state index in [-0.39, 0.29) is 53.2 Å². The number of aliphatic carboxylic acids is 1. The van der Waals surface area contributed by atoms with E-state index in [1.807, 2.05) is 27.7 Å². The van der Waals surface area contributed by atoms with E-state index < -0.39 is 34.6 Å². The second-order valence-electron chi connectivity index (χ2n) is 12.2. The second kappa shape index (κ2) is 12.5. The largest absolute Gasteiger partial charge is 0.480 e. The Morgan fingerprint density at radius 3 is 2.42 bits per heavy atom. The fourth-order valence-electron chi connectivity index (χ4n) is 5.65. The summed E-state index contributed by atoms with van der Waals surface area (Å²) in [6.07, 6.45) is 0.906. The molecule has 0 radical (unpaired) electrons. The topological polar surface area (TPSA) is 227 Å². The fourth-order valence-corrected chi connectivity index (χ4v) is 5.65. The molecule has 2 amide bonds. The van der Waals surface area contributed by atoms with Gasteiger partial charge in [0, 0.05) is 41.3 Å². The van der Waals surface area contributed by atoms with Crippen LogP contribution >= 0.6 is 0 Å². The van der Waals surface area contributed by atoms with Gasteiger partial charge < -0.3 is 32.0 Å². The smallest absolute Gasteiger partial charge is 0.326 e. The van der Waals surface area contributed by atoms with Crippen LogP contribution in [0.5, 0.6) is 0 Å². The third-order valence-electron chi connectivity index (χ3n) is 7.61. The number of hydroxylamine groups is 2. The highest BCUT2D eigenvalue weighted by atomic mass is 16.5. The van der Waals surface area contributed by atoms with Crippen molar-refractivity contribution in [1.82, 2.24) is 25.7 Å². The number of carbonyl (C=O) groups excluding carboxylic acids is 2. The lowest BCUT2D eigenvalue weighted by Crippen LogP contribution is -2.63. The van der Waals surface area contributed by atoms with E-state index in [0.29, 0.717) is 31.6 Å². The summed E-state index contributed by atoms with van der Waals surface area (Å²) in [5.41, 5.74) is 5.16. The molecule has 2 unspecified atom stereocenters. The summed E-state index contributed by atoms with van der Waals surface area (Å²) in [4.78, 5) is 64.4. The Hall–Kier alpha value is -4.37. The summed E-state index contributed by atoms with van der Waals surface area (Å²) in [6.45, 7) is 8.27. The van der Waals surface area contributed by atoms with Crippen LogP contribution in [0.2, 0.25) is 0 Å². The molecule has 0 bridgehead atoms. The number of nitrogens with zero attached hydrogens (tertiary/aromatic N) is 4. The number of nitrogens with two attached hydrogens (primary N) is 1. The van der Waals surface area contributed by atoms with Gasteiger partial charge in [0.05, 0.1) is 12.6 Å². The summed E-state index contributed by atoms with van der Waals surface area (Å²) in [6, 6.07) is 4.70. The first-order valence-corrected chi connectivity index (χ1v) is 14.1. The number of hydrogen-bond acceptors (Lipinski definition) is 11. The number of carbonyl (C=O) groups is 3. The van der Waals surface area contributed by atoms with Crippen molar-refractivity contribution in [3.05, 3.63) is 51.0 Å². The van der Waals surface area contributed by atoms with Crippen molar-refractivity contribution in [2.75, 3.05) is 24.1 Å². The molecule has 43 heavy (non-hydrogen) atoms. The Morgan fingerprint density at radius 2 is 1.79 bits per heavy atom.